The SMILES string of the molecule is CC.Cc1cc2c(c(P)c1O)/C(=N/OCc1ccc(N)cc1)CC1C2CCC2(C)C(O)CCC12. The largest absolute Gasteiger partial charge is 0.507 e. The van der Waals surface area contributed by atoms with Crippen molar-refractivity contribution in [3.8, 4) is 5.75 Å². The van der Waals surface area contributed by atoms with Crippen molar-refractivity contribution in [2.24, 2.45) is 22.4 Å². The first kappa shape index (κ1) is 25.0. The molecule has 0 amide bonds. The predicted molar refractivity (Wildman–Crippen MR) is 143 cm³/mol. The number of oxime groups is 1. The number of rotatable bonds is 3. The zero-order valence-electron chi connectivity index (χ0n) is 20.8. The topological polar surface area (TPSA) is 88.1 Å². The van der Waals surface area contributed by atoms with E-state index < -0.39 is 0 Å². The number of hydrogen-bond acceptors (Lipinski definition) is 5. The Balaban J connectivity index is 0.00000133. The second-order valence-electron chi connectivity index (χ2n) is 10.2. The highest BCUT2D eigenvalue weighted by molar-refractivity contribution is 7.28. The van der Waals surface area contributed by atoms with Gasteiger partial charge in [0.2, 0.25) is 0 Å². The van der Waals surface area contributed by atoms with Crippen LogP contribution in [0.3, 0.4) is 0 Å². The summed E-state index contributed by atoms with van der Waals surface area (Å²) in [4.78, 5) is 5.83. The van der Waals surface area contributed by atoms with Gasteiger partial charge in [0.15, 0.2) is 0 Å². The number of phenolic OH excluding ortho intramolecular Hbond substituents is 1. The van der Waals surface area contributed by atoms with E-state index in [0.29, 0.717) is 30.1 Å². The molecule has 2 aromatic rings. The van der Waals surface area contributed by atoms with Gasteiger partial charge in [-0.2, -0.15) is 0 Å². The number of aliphatic hydroxyl groups excluding tert-OH is 1. The van der Waals surface area contributed by atoms with Gasteiger partial charge >= 0.3 is 0 Å². The van der Waals surface area contributed by atoms with E-state index in [2.05, 4.69) is 27.4 Å². The van der Waals surface area contributed by atoms with E-state index in [-0.39, 0.29) is 11.5 Å². The van der Waals surface area contributed by atoms with Crippen molar-refractivity contribution in [2.75, 3.05) is 5.73 Å². The zero-order valence-corrected chi connectivity index (χ0v) is 22.0. The van der Waals surface area contributed by atoms with E-state index in [4.69, 9.17) is 10.6 Å². The van der Waals surface area contributed by atoms with Crippen LogP contribution < -0.4 is 11.0 Å². The Labute approximate surface area is 206 Å². The highest BCUT2D eigenvalue weighted by Gasteiger charge is 2.55. The van der Waals surface area contributed by atoms with Crippen LogP contribution in [0, 0.1) is 24.2 Å². The molecular formula is C28H39N2O3P. The number of anilines is 1. The van der Waals surface area contributed by atoms with Crippen LogP contribution in [0.2, 0.25) is 0 Å². The number of hydrogen-bond donors (Lipinski definition) is 3. The molecule has 0 aliphatic heterocycles. The standard InChI is InChI=1S/C26H33N2O3P.C2H6/c1-14-11-19-17-9-10-26(2)20(7-8-22(26)29)18(17)12-21(23(19)25(32)24(14)30)28-31-13-15-3-5-16(27)6-4-15;1-2/h3-6,11,17-18,20,22,29-30H,7-10,12-13,27,32H2,1-2H3;1-2H3/b28-21+;. The molecule has 3 aliphatic rings. The van der Waals surface area contributed by atoms with Crippen LogP contribution in [-0.2, 0) is 11.4 Å². The maximum Gasteiger partial charge on any atom is 0.142 e. The van der Waals surface area contributed by atoms with Crippen LogP contribution in [0.1, 0.15) is 81.0 Å². The zero-order chi connectivity index (χ0) is 24.6. The predicted octanol–water partition coefficient (Wildman–Crippen LogP) is 5.40. The summed E-state index contributed by atoms with van der Waals surface area (Å²) in [5.74, 6) is 1.66. The number of aromatic hydroxyl groups is 1. The van der Waals surface area contributed by atoms with Crippen molar-refractivity contribution in [3.63, 3.8) is 0 Å². The summed E-state index contributed by atoms with van der Waals surface area (Å²) in [6.45, 7) is 8.61. The second kappa shape index (κ2) is 9.87. The first-order chi connectivity index (χ1) is 16.3. The molecule has 6 unspecified atom stereocenters. The average molecular weight is 483 g/mol. The van der Waals surface area contributed by atoms with Gasteiger partial charge in [0.25, 0.3) is 0 Å². The van der Waals surface area contributed by atoms with E-state index in [9.17, 15) is 10.2 Å². The van der Waals surface area contributed by atoms with Crippen LogP contribution in [0.15, 0.2) is 35.5 Å². The third kappa shape index (κ3) is 4.22. The third-order valence-corrected chi connectivity index (χ3v) is 9.01. The van der Waals surface area contributed by atoms with Gasteiger partial charge < -0.3 is 20.8 Å². The number of aryl methyl sites for hydroxylation is 1. The smallest absolute Gasteiger partial charge is 0.142 e. The highest BCUT2D eigenvalue weighted by Crippen LogP contribution is 2.61. The summed E-state index contributed by atoms with van der Waals surface area (Å²) < 4.78 is 0. The lowest BCUT2D eigenvalue weighted by Gasteiger charge is -2.50. The maximum atomic E-state index is 10.7. The van der Waals surface area contributed by atoms with Crippen molar-refractivity contribution in [1.29, 1.82) is 0 Å². The lowest BCUT2D eigenvalue weighted by atomic mass is 9.55. The molecule has 0 aromatic heterocycles. The van der Waals surface area contributed by atoms with Gasteiger partial charge in [-0.15, -0.1) is 9.24 Å². The average Bonchev–Trinajstić information content (AvgIpc) is 3.14. The van der Waals surface area contributed by atoms with E-state index in [1.54, 1.807) is 0 Å². The Hall–Kier alpha value is -2.10. The summed E-state index contributed by atoms with van der Waals surface area (Å²) in [7, 11) is 2.73. The van der Waals surface area contributed by atoms with E-state index in [0.717, 1.165) is 65.5 Å². The first-order valence-corrected chi connectivity index (χ1v) is 13.2. The van der Waals surface area contributed by atoms with E-state index in [1.165, 1.54) is 5.56 Å². The molecule has 184 valence electrons. The number of aliphatic hydroxyl groups is 1. The minimum Gasteiger partial charge on any atom is -0.507 e. The molecule has 34 heavy (non-hydrogen) atoms. The highest BCUT2D eigenvalue weighted by atomic mass is 31.0. The van der Waals surface area contributed by atoms with Gasteiger partial charge in [-0.05, 0) is 91.0 Å². The van der Waals surface area contributed by atoms with Gasteiger partial charge in [-0.1, -0.05) is 44.1 Å². The summed E-state index contributed by atoms with van der Waals surface area (Å²) >= 11 is 0. The normalized spacial score (nSPS) is 30.6. The van der Waals surface area contributed by atoms with Crippen LogP contribution in [0.25, 0.3) is 0 Å². The fourth-order valence-corrected chi connectivity index (χ4v) is 7.17. The monoisotopic (exact) mass is 482 g/mol. The van der Waals surface area contributed by atoms with Crippen molar-refractivity contribution in [2.45, 2.75) is 78.4 Å². The molecule has 3 aliphatic carbocycles. The molecule has 2 fully saturated rings. The molecule has 2 aromatic carbocycles. The number of nitrogen functional groups attached to an aromatic ring is 1. The van der Waals surface area contributed by atoms with Gasteiger partial charge in [-0.25, -0.2) is 0 Å². The van der Waals surface area contributed by atoms with Gasteiger partial charge in [0, 0.05) is 16.6 Å². The Morgan fingerprint density at radius 1 is 1.18 bits per heavy atom. The van der Waals surface area contributed by atoms with Crippen LogP contribution in [0.5, 0.6) is 5.75 Å². The van der Waals surface area contributed by atoms with Crippen molar-refractivity contribution in [1.82, 2.24) is 0 Å². The molecule has 5 nitrogen and oxygen atoms in total. The molecule has 0 spiro atoms. The minimum atomic E-state index is -0.212. The van der Waals surface area contributed by atoms with Crippen LogP contribution in [0.4, 0.5) is 5.69 Å². The van der Waals surface area contributed by atoms with Crippen molar-refractivity contribution < 1.29 is 15.1 Å². The number of fused-ring (bicyclic) bond motifs is 5. The van der Waals surface area contributed by atoms with Gasteiger partial charge in [0.05, 0.1) is 11.8 Å². The number of nitrogens with zero attached hydrogens (tertiary/aromatic N) is 1. The van der Waals surface area contributed by atoms with Crippen molar-refractivity contribution >= 4 is 25.9 Å². The summed E-state index contributed by atoms with van der Waals surface area (Å²) in [5.41, 5.74) is 11.6. The van der Waals surface area contributed by atoms with E-state index >= 15 is 0 Å². The number of nitrogens with two attached hydrogens (primary N) is 1. The lowest BCUT2D eigenvalue weighted by Crippen LogP contribution is -2.45. The lowest BCUT2D eigenvalue weighted by molar-refractivity contribution is -0.0179. The molecule has 6 atom stereocenters. The van der Waals surface area contributed by atoms with Crippen molar-refractivity contribution in [3.05, 3.63) is 52.6 Å². The molecule has 4 N–H and O–H groups in total. The maximum absolute atomic E-state index is 10.7. The van der Waals surface area contributed by atoms with Gasteiger partial charge in [-0.3, -0.25) is 0 Å². The Bertz CT molecular complexity index is 1070. The second-order valence-corrected chi connectivity index (χ2v) is 10.8. The fourth-order valence-electron chi connectivity index (χ4n) is 6.61. The summed E-state index contributed by atoms with van der Waals surface area (Å²) in [5, 5.41) is 26.8. The Morgan fingerprint density at radius 3 is 2.59 bits per heavy atom. The molecule has 0 bridgehead atoms. The molecule has 0 saturated heterocycles. The minimum absolute atomic E-state index is 0.00956. The van der Waals surface area contributed by atoms with Crippen LogP contribution in [-0.4, -0.2) is 22.0 Å². The number of phenols is 1. The van der Waals surface area contributed by atoms with Gasteiger partial charge in [0.1, 0.15) is 12.4 Å². The third-order valence-electron chi connectivity index (χ3n) is 8.45. The fraction of sp³-hybridized carbons (Fsp3) is 0.536. The first-order valence-electron chi connectivity index (χ1n) is 12.6. The quantitative estimate of drug-likeness (QED) is 0.310. The molecule has 0 heterocycles. The molecule has 5 rings (SSSR count). The number of benzene rings is 2. The van der Waals surface area contributed by atoms with E-state index in [1.807, 2.05) is 45.0 Å². The summed E-state index contributed by atoms with van der Waals surface area (Å²) in [6, 6.07) is 9.77. The Morgan fingerprint density at radius 2 is 1.88 bits per heavy atom. The Kier molecular flexibility index (Phi) is 7.26. The molecule has 0 radical (unpaired) electrons. The molecular weight excluding hydrogens is 443 g/mol. The molecule has 2 saturated carbocycles. The molecule has 6 heteroatoms. The van der Waals surface area contributed by atoms with Crippen LogP contribution >= 0.6 is 9.24 Å². The summed E-state index contributed by atoms with van der Waals surface area (Å²) in [6.07, 6.45) is 4.67.